The minimum atomic E-state index is 0.174. The van der Waals surface area contributed by atoms with Crippen LogP contribution in [0.25, 0.3) is 11.0 Å². The molecule has 1 atom stereocenters. The van der Waals surface area contributed by atoms with Crippen LogP contribution in [0.4, 0.5) is 0 Å². The van der Waals surface area contributed by atoms with Crippen LogP contribution < -0.4 is 0 Å². The summed E-state index contributed by atoms with van der Waals surface area (Å²) in [7, 11) is 0. The van der Waals surface area contributed by atoms with Crippen molar-refractivity contribution in [2.75, 3.05) is 5.88 Å². The Bertz CT molecular complexity index is 707. The Kier molecular flexibility index (Phi) is 3.95. The second kappa shape index (κ2) is 5.86. The third-order valence-corrected chi connectivity index (χ3v) is 3.98. The van der Waals surface area contributed by atoms with E-state index < -0.39 is 0 Å². The van der Waals surface area contributed by atoms with Gasteiger partial charge < -0.3 is 4.57 Å². The highest BCUT2D eigenvalue weighted by atomic mass is 35.5. The Morgan fingerprint density at radius 2 is 1.90 bits per heavy atom. The van der Waals surface area contributed by atoms with Crippen molar-refractivity contribution in [1.82, 2.24) is 9.55 Å². The van der Waals surface area contributed by atoms with Crippen LogP contribution in [-0.2, 0) is 0 Å². The van der Waals surface area contributed by atoms with Gasteiger partial charge in [-0.25, -0.2) is 0 Å². The first-order valence-corrected chi connectivity index (χ1v) is 7.44. The molecule has 0 aliphatic rings. The molecule has 2 heterocycles. The summed E-state index contributed by atoms with van der Waals surface area (Å²) in [6.07, 6.45) is 4.61. The van der Waals surface area contributed by atoms with E-state index in [1.807, 2.05) is 36.5 Å². The zero-order chi connectivity index (χ0) is 13.9. The van der Waals surface area contributed by atoms with Crippen LogP contribution in [0.15, 0.2) is 54.9 Å². The van der Waals surface area contributed by atoms with Crippen LogP contribution in [0, 0.1) is 0 Å². The molecule has 0 saturated heterocycles. The predicted octanol–water partition coefficient (Wildman–Crippen LogP) is 4.91. The molecular formula is C16H14Cl2N2. The third-order valence-electron chi connectivity index (χ3n) is 3.46. The van der Waals surface area contributed by atoms with Crippen LogP contribution >= 0.6 is 23.2 Å². The lowest BCUT2D eigenvalue weighted by Gasteiger charge is -2.20. The van der Waals surface area contributed by atoms with Gasteiger partial charge in [0.25, 0.3) is 0 Å². The van der Waals surface area contributed by atoms with Crippen LogP contribution in [-0.4, -0.2) is 15.4 Å². The molecule has 0 bridgehead atoms. The summed E-state index contributed by atoms with van der Waals surface area (Å²) >= 11 is 12.3. The molecule has 0 fully saturated rings. The maximum Gasteiger partial charge on any atom is 0.0896 e. The summed E-state index contributed by atoms with van der Waals surface area (Å²) in [5, 5.41) is 0.718. The second-order valence-corrected chi connectivity index (χ2v) is 5.44. The summed E-state index contributed by atoms with van der Waals surface area (Å²) in [4.78, 5) is 4.36. The van der Waals surface area contributed by atoms with Gasteiger partial charge in [-0.05, 0) is 24.1 Å². The zero-order valence-corrected chi connectivity index (χ0v) is 12.3. The molecule has 0 spiro atoms. The van der Waals surface area contributed by atoms with Crippen molar-refractivity contribution in [3.8, 4) is 0 Å². The Morgan fingerprint density at radius 1 is 1.10 bits per heavy atom. The molecule has 2 aromatic heterocycles. The second-order valence-electron chi connectivity index (χ2n) is 4.65. The van der Waals surface area contributed by atoms with Gasteiger partial charge in [-0.2, -0.15) is 0 Å². The maximum absolute atomic E-state index is 6.34. The van der Waals surface area contributed by atoms with Crippen molar-refractivity contribution in [3.05, 3.63) is 65.4 Å². The van der Waals surface area contributed by atoms with Gasteiger partial charge in [0.2, 0.25) is 0 Å². The van der Waals surface area contributed by atoms with Crippen molar-refractivity contribution in [1.29, 1.82) is 0 Å². The first-order chi connectivity index (χ1) is 9.81. The summed E-state index contributed by atoms with van der Waals surface area (Å²) in [6, 6.07) is 14.3. The minimum absolute atomic E-state index is 0.174. The highest BCUT2D eigenvalue weighted by Gasteiger charge is 2.16. The molecule has 1 aromatic carbocycles. The zero-order valence-electron chi connectivity index (χ0n) is 10.8. The van der Waals surface area contributed by atoms with E-state index in [0.29, 0.717) is 5.88 Å². The molecule has 0 aliphatic heterocycles. The topological polar surface area (TPSA) is 17.8 Å². The highest BCUT2D eigenvalue weighted by Crippen LogP contribution is 2.30. The van der Waals surface area contributed by atoms with E-state index >= 15 is 0 Å². The van der Waals surface area contributed by atoms with Crippen LogP contribution in [0.1, 0.15) is 18.0 Å². The standard InChI is InChI=1S/C16H14Cl2N2/c17-9-6-15(12-4-2-1-3-5-12)20-11-8-14-16(20)13(18)7-10-19-14/h1-5,7-8,10-11,15H,6,9H2/t15-/m0/s1. The molecule has 0 aliphatic carbocycles. The number of nitrogens with zero attached hydrogens (tertiary/aromatic N) is 2. The van der Waals surface area contributed by atoms with E-state index in [4.69, 9.17) is 23.2 Å². The molecule has 20 heavy (non-hydrogen) atoms. The molecule has 102 valence electrons. The Balaban J connectivity index is 2.15. The van der Waals surface area contributed by atoms with Gasteiger partial charge in [-0.1, -0.05) is 41.9 Å². The molecule has 4 heteroatoms. The van der Waals surface area contributed by atoms with E-state index in [9.17, 15) is 0 Å². The van der Waals surface area contributed by atoms with Gasteiger partial charge in [0.1, 0.15) is 0 Å². The van der Waals surface area contributed by atoms with Gasteiger partial charge in [-0.15, -0.1) is 11.6 Å². The molecule has 2 nitrogen and oxygen atoms in total. The van der Waals surface area contributed by atoms with E-state index in [1.165, 1.54) is 5.56 Å². The Labute approximate surface area is 128 Å². The van der Waals surface area contributed by atoms with Gasteiger partial charge >= 0.3 is 0 Å². The SMILES string of the molecule is ClCC[C@@H](c1ccccc1)n1ccc2nccc(Cl)c21. The molecule has 0 saturated carbocycles. The van der Waals surface area contributed by atoms with Crippen molar-refractivity contribution < 1.29 is 0 Å². The number of hydrogen-bond acceptors (Lipinski definition) is 1. The van der Waals surface area contributed by atoms with Crippen LogP contribution in [0.5, 0.6) is 0 Å². The summed E-state index contributed by atoms with van der Waals surface area (Å²) in [6.45, 7) is 0. The van der Waals surface area contributed by atoms with Crippen LogP contribution in [0.2, 0.25) is 5.02 Å². The lowest BCUT2D eigenvalue weighted by molar-refractivity contribution is 0.588. The van der Waals surface area contributed by atoms with Crippen molar-refractivity contribution in [2.45, 2.75) is 12.5 Å². The predicted molar refractivity (Wildman–Crippen MR) is 84.7 cm³/mol. The number of fused-ring (bicyclic) bond motifs is 1. The fourth-order valence-corrected chi connectivity index (χ4v) is 3.01. The molecule has 3 rings (SSSR count). The molecule has 0 amide bonds. The summed E-state index contributed by atoms with van der Waals surface area (Å²) in [5.41, 5.74) is 3.10. The third kappa shape index (κ3) is 2.41. The minimum Gasteiger partial charge on any atom is -0.337 e. The van der Waals surface area contributed by atoms with Gasteiger partial charge in [0, 0.05) is 18.3 Å². The van der Waals surface area contributed by atoms with Gasteiger partial charge in [0.05, 0.1) is 22.1 Å². The van der Waals surface area contributed by atoms with E-state index in [-0.39, 0.29) is 6.04 Å². The normalized spacial score (nSPS) is 12.7. The molecule has 0 unspecified atom stereocenters. The molecule has 0 N–H and O–H groups in total. The number of benzene rings is 1. The summed E-state index contributed by atoms with van der Waals surface area (Å²) in [5.74, 6) is 0.594. The Hall–Kier alpha value is -1.51. The highest BCUT2D eigenvalue weighted by molar-refractivity contribution is 6.34. The first kappa shape index (κ1) is 13.5. The van der Waals surface area contributed by atoms with E-state index in [1.54, 1.807) is 6.20 Å². The Morgan fingerprint density at radius 3 is 2.65 bits per heavy atom. The van der Waals surface area contributed by atoms with Crippen LogP contribution in [0.3, 0.4) is 0 Å². The number of aromatic nitrogens is 2. The van der Waals surface area contributed by atoms with E-state index in [0.717, 1.165) is 22.5 Å². The number of alkyl halides is 1. The lowest BCUT2D eigenvalue weighted by Crippen LogP contribution is -2.10. The van der Waals surface area contributed by atoms with Gasteiger partial charge in [-0.3, -0.25) is 4.98 Å². The smallest absolute Gasteiger partial charge is 0.0896 e. The largest absolute Gasteiger partial charge is 0.337 e. The fourth-order valence-electron chi connectivity index (χ4n) is 2.55. The number of rotatable bonds is 4. The monoisotopic (exact) mass is 304 g/mol. The first-order valence-electron chi connectivity index (χ1n) is 6.53. The number of halogens is 2. The van der Waals surface area contributed by atoms with Gasteiger partial charge in [0.15, 0.2) is 0 Å². The number of pyridine rings is 1. The quantitative estimate of drug-likeness (QED) is 0.626. The number of hydrogen-bond donors (Lipinski definition) is 0. The average Bonchev–Trinajstić information content (AvgIpc) is 2.91. The van der Waals surface area contributed by atoms with E-state index in [2.05, 4.69) is 21.7 Å². The van der Waals surface area contributed by atoms with Crippen molar-refractivity contribution >= 4 is 34.2 Å². The average molecular weight is 305 g/mol. The fraction of sp³-hybridized carbons (Fsp3) is 0.188. The van der Waals surface area contributed by atoms with Crippen molar-refractivity contribution in [2.24, 2.45) is 0 Å². The lowest BCUT2D eigenvalue weighted by atomic mass is 10.0. The van der Waals surface area contributed by atoms with Crippen molar-refractivity contribution in [3.63, 3.8) is 0 Å². The molecule has 0 radical (unpaired) electrons. The molecule has 3 aromatic rings. The summed E-state index contributed by atoms with van der Waals surface area (Å²) < 4.78 is 2.17. The maximum atomic E-state index is 6.34. The molecular weight excluding hydrogens is 291 g/mol.